The molecule has 2 amide bonds. The van der Waals surface area contributed by atoms with E-state index in [2.05, 4.69) is 15.5 Å². The Morgan fingerprint density at radius 3 is 2.57 bits per heavy atom. The number of urea groups is 1. The van der Waals surface area contributed by atoms with Crippen molar-refractivity contribution in [1.82, 2.24) is 15.5 Å². The van der Waals surface area contributed by atoms with Crippen molar-refractivity contribution in [1.29, 1.82) is 0 Å². The molecule has 124 valence electrons. The summed E-state index contributed by atoms with van der Waals surface area (Å²) >= 11 is 0. The van der Waals surface area contributed by atoms with Gasteiger partial charge in [0.05, 0.1) is 25.1 Å². The molecule has 6 nitrogen and oxygen atoms in total. The lowest BCUT2D eigenvalue weighted by Crippen LogP contribution is -2.43. The second kappa shape index (κ2) is 7.87. The van der Waals surface area contributed by atoms with Gasteiger partial charge in [0.25, 0.3) is 0 Å². The fraction of sp³-hybridized carbons (Fsp3) is 0.471. The minimum Gasteiger partial charge on any atom is -0.468 e. The first kappa shape index (κ1) is 15.7. The quantitative estimate of drug-likeness (QED) is 0.859. The summed E-state index contributed by atoms with van der Waals surface area (Å²) in [4.78, 5) is 14.4. The molecule has 0 bridgehead atoms. The van der Waals surface area contributed by atoms with Crippen molar-refractivity contribution in [2.75, 3.05) is 19.6 Å². The van der Waals surface area contributed by atoms with Crippen LogP contribution in [0.4, 0.5) is 4.79 Å². The summed E-state index contributed by atoms with van der Waals surface area (Å²) in [5.41, 5.74) is 0. The van der Waals surface area contributed by atoms with Crippen LogP contribution in [0.2, 0.25) is 0 Å². The summed E-state index contributed by atoms with van der Waals surface area (Å²) < 4.78 is 10.8. The molecule has 1 atom stereocenters. The number of nitrogens with zero attached hydrogens (tertiary/aromatic N) is 1. The number of hydrogen-bond acceptors (Lipinski definition) is 4. The number of hydrogen-bond donors (Lipinski definition) is 2. The van der Waals surface area contributed by atoms with E-state index in [9.17, 15) is 4.79 Å². The van der Waals surface area contributed by atoms with Crippen LogP contribution < -0.4 is 10.6 Å². The lowest BCUT2D eigenvalue weighted by molar-refractivity contribution is 0.143. The van der Waals surface area contributed by atoms with E-state index in [1.54, 1.807) is 18.6 Å². The molecule has 0 aliphatic carbocycles. The molecule has 6 heteroatoms. The normalized spacial score (nSPS) is 16.9. The van der Waals surface area contributed by atoms with E-state index in [4.69, 9.17) is 8.83 Å². The number of rotatable bonds is 6. The number of likely N-dealkylation sites (tertiary alicyclic amines) is 1. The van der Waals surface area contributed by atoms with Crippen LogP contribution in [0.5, 0.6) is 0 Å². The summed E-state index contributed by atoms with van der Waals surface area (Å²) in [5.74, 6) is 1.64. The van der Waals surface area contributed by atoms with Gasteiger partial charge in [0, 0.05) is 6.54 Å². The van der Waals surface area contributed by atoms with Gasteiger partial charge in [-0.25, -0.2) is 4.79 Å². The minimum atomic E-state index is -0.199. The van der Waals surface area contributed by atoms with Crippen molar-refractivity contribution in [3.63, 3.8) is 0 Å². The Bertz CT molecular complexity index is 574. The second-order valence-corrected chi connectivity index (χ2v) is 5.77. The van der Waals surface area contributed by atoms with E-state index in [-0.39, 0.29) is 12.1 Å². The summed E-state index contributed by atoms with van der Waals surface area (Å²) in [5, 5.41) is 5.73. The van der Waals surface area contributed by atoms with Crippen LogP contribution >= 0.6 is 0 Å². The highest BCUT2D eigenvalue weighted by molar-refractivity contribution is 5.73. The Labute approximate surface area is 135 Å². The average molecular weight is 317 g/mol. The molecule has 0 spiro atoms. The van der Waals surface area contributed by atoms with Gasteiger partial charge in [-0.3, -0.25) is 4.90 Å². The van der Waals surface area contributed by atoms with Crippen LogP contribution in [-0.2, 0) is 6.54 Å². The van der Waals surface area contributed by atoms with Gasteiger partial charge in [0.2, 0.25) is 0 Å². The number of amides is 2. The molecule has 2 aromatic rings. The van der Waals surface area contributed by atoms with Crippen LogP contribution in [0, 0.1) is 0 Å². The molecule has 0 saturated carbocycles. The third-order valence-corrected chi connectivity index (χ3v) is 4.16. The molecule has 1 aliphatic rings. The molecule has 1 aliphatic heterocycles. The Morgan fingerprint density at radius 2 is 1.87 bits per heavy atom. The van der Waals surface area contributed by atoms with Gasteiger partial charge in [-0.05, 0) is 50.2 Å². The first-order chi connectivity index (χ1) is 11.3. The van der Waals surface area contributed by atoms with Crippen LogP contribution in [0.1, 0.15) is 36.8 Å². The third kappa shape index (κ3) is 4.39. The molecular formula is C17H23N3O3. The van der Waals surface area contributed by atoms with Crippen molar-refractivity contribution >= 4 is 6.03 Å². The molecule has 2 N–H and O–H groups in total. The molecule has 1 unspecified atom stereocenters. The van der Waals surface area contributed by atoms with Crippen LogP contribution in [-0.4, -0.2) is 30.6 Å². The fourth-order valence-electron chi connectivity index (χ4n) is 2.95. The maximum absolute atomic E-state index is 12.0. The van der Waals surface area contributed by atoms with Gasteiger partial charge in [-0.1, -0.05) is 6.42 Å². The number of carbonyl (C=O) groups excluding carboxylic acids is 1. The van der Waals surface area contributed by atoms with E-state index >= 15 is 0 Å². The Balaban J connectivity index is 1.52. The fourth-order valence-corrected chi connectivity index (χ4v) is 2.95. The third-order valence-electron chi connectivity index (χ3n) is 4.16. The van der Waals surface area contributed by atoms with Crippen LogP contribution in [0.25, 0.3) is 0 Å². The first-order valence-electron chi connectivity index (χ1n) is 8.14. The van der Waals surface area contributed by atoms with Crippen molar-refractivity contribution in [3.05, 3.63) is 48.3 Å². The zero-order chi connectivity index (χ0) is 15.9. The van der Waals surface area contributed by atoms with Gasteiger partial charge in [0.15, 0.2) is 0 Å². The molecule has 2 aromatic heterocycles. The number of piperidine rings is 1. The highest BCUT2D eigenvalue weighted by atomic mass is 16.3. The molecule has 1 fully saturated rings. The summed E-state index contributed by atoms with van der Waals surface area (Å²) in [6.07, 6.45) is 6.95. The van der Waals surface area contributed by atoms with Crippen molar-refractivity contribution in [2.45, 2.75) is 31.8 Å². The average Bonchev–Trinajstić information content (AvgIpc) is 3.28. The molecule has 23 heavy (non-hydrogen) atoms. The van der Waals surface area contributed by atoms with E-state index in [1.807, 2.05) is 18.2 Å². The molecular weight excluding hydrogens is 294 g/mol. The topological polar surface area (TPSA) is 70.6 Å². The summed E-state index contributed by atoms with van der Waals surface area (Å²) in [6.45, 7) is 2.99. The largest absolute Gasteiger partial charge is 0.468 e. The first-order valence-corrected chi connectivity index (χ1v) is 8.14. The van der Waals surface area contributed by atoms with Gasteiger partial charge in [0.1, 0.15) is 11.5 Å². The SMILES string of the molecule is O=C(NCc1ccco1)NCC(c1ccco1)N1CCCCC1. The lowest BCUT2D eigenvalue weighted by Gasteiger charge is -2.33. The Morgan fingerprint density at radius 1 is 1.09 bits per heavy atom. The number of nitrogens with one attached hydrogen (secondary N) is 2. The number of carbonyl (C=O) groups is 1. The Kier molecular flexibility index (Phi) is 5.37. The zero-order valence-corrected chi connectivity index (χ0v) is 13.2. The standard InChI is InChI=1S/C17H23N3O3/c21-17(18-12-14-6-4-10-22-14)19-13-15(16-7-5-11-23-16)20-8-2-1-3-9-20/h4-7,10-11,15H,1-3,8-9,12-13H2,(H2,18,19,21). The van der Waals surface area contributed by atoms with Crippen molar-refractivity contribution < 1.29 is 13.6 Å². The summed E-state index contributed by atoms with van der Waals surface area (Å²) in [7, 11) is 0. The van der Waals surface area contributed by atoms with Gasteiger partial charge in [-0.2, -0.15) is 0 Å². The van der Waals surface area contributed by atoms with Gasteiger partial charge < -0.3 is 19.5 Å². The molecule has 1 saturated heterocycles. The minimum absolute atomic E-state index is 0.0830. The Hall–Kier alpha value is -2.21. The monoisotopic (exact) mass is 317 g/mol. The predicted octanol–water partition coefficient (Wildman–Crippen LogP) is 2.90. The maximum Gasteiger partial charge on any atom is 0.315 e. The van der Waals surface area contributed by atoms with E-state index < -0.39 is 0 Å². The van der Waals surface area contributed by atoms with E-state index in [0.717, 1.165) is 24.6 Å². The van der Waals surface area contributed by atoms with Crippen molar-refractivity contribution in [3.8, 4) is 0 Å². The van der Waals surface area contributed by atoms with E-state index in [1.165, 1.54) is 19.3 Å². The molecule has 3 rings (SSSR count). The smallest absolute Gasteiger partial charge is 0.315 e. The van der Waals surface area contributed by atoms with Gasteiger partial charge in [-0.15, -0.1) is 0 Å². The van der Waals surface area contributed by atoms with Crippen LogP contribution in [0.15, 0.2) is 45.6 Å². The molecule has 0 radical (unpaired) electrons. The molecule has 0 aromatic carbocycles. The number of furan rings is 2. The highest BCUT2D eigenvalue weighted by Crippen LogP contribution is 2.24. The zero-order valence-electron chi connectivity index (χ0n) is 13.2. The predicted molar refractivity (Wildman–Crippen MR) is 85.8 cm³/mol. The molecule has 3 heterocycles. The van der Waals surface area contributed by atoms with E-state index in [0.29, 0.717) is 13.1 Å². The van der Waals surface area contributed by atoms with Gasteiger partial charge >= 0.3 is 6.03 Å². The van der Waals surface area contributed by atoms with Crippen LogP contribution in [0.3, 0.4) is 0 Å². The maximum atomic E-state index is 12.0. The highest BCUT2D eigenvalue weighted by Gasteiger charge is 2.24. The van der Waals surface area contributed by atoms with Crippen molar-refractivity contribution in [2.24, 2.45) is 0 Å². The second-order valence-electron chi connectivity index (χ2n) is 5.77. The summed E-state index contributed by atoms with van der Waals surface area (Å²) in [6, 6.07) is 7.39. The lowest BCUT2D eigenvalue weighted by atomic mass is 10.1.